The molecule has 0 saturated carbocycles. The second kappa shape index (κ2) is 6.24. The predicted octanol–water partition coefficient (Wildman–Crippen LogP) is 0.875. The molecule has 0 rings (SSSR count). The molecule has 15 heavy (non-hydrogen) atoms. The molecule has 0 aromatic heterocycles. The van der Waals surface area contributed by atoms with Gasteiger partial charge < -0.3 is 15.2 Å². The van der Waals surface area contributed by atoms with Crippen LogP contribution in [0.25, 0.3) is 0 Å². The van der Waals surface area contributed by atoms with Gasteiger partial charge in [-0.15, -0.1) is 0 Å². The van der Waals surface area contributed by atoms with E-state index >= 15 is 0 Å². The summed E-state index contributed by atoms with van der Waals surface area (Å²) in [4.78, 5) is 0. The number of aliphatic hydroxyl groups is 1. The molecular formula is C8H15F4NO2. The third kappa shape index (κ3) is 7.52. The number of rotatable bonds is 8. The summed E-state index contributed by atoms with van der Waals surface area (Å²) in [5.41, 5.74) is 0. The highest BCUT2D eigenvalue weighted by Crippen LogP contribution is 2.16. The molecule has 0 heterocycles. The molecule has 2 N–H and O–H groups in total. The van der Waals surface area contributed by atoms with Gasteiger partial charge in [-0.1, -0.05) is 6.92 Å². The Balaban J connectivity index is 3.74. The van der Waals surface area contributed by atoms with E-state index in [-0.39, 0.29) is 0 Å². The highest BCUT2D eigenvalue weighted by molar-refractivity contribution is 4.70. The van der Waals surface area contributed by atoms with E-state index in [1.54, 1.807) is 6.92 Å². The van der Waals surface area contributed by atoms with Gasteiger partial charge in [0.25, 0.3) is 11.8 Å². The highest BCUT2D eigenvalue weighted by atomic mass is 19.3. The normalized spacial score (nSPS) is 13.2. The summed E-state index contributed by atoms with van der Waals surface area (Å²) in [6.45, 7) is -2.31. The first kappa shape index (κ1) is 14.6. The molecule has 0 spiro atoms. The predicted molar refractivity (Wildman–Crippen MR) is 46.3 cm³/mol. The molecule has 0 aromatic rings. The molecule has 0 amide bonds. The van der Waals surface area contributed by atoms with Crippen molar-refractivity contribution in [3.05, 3.63) is 0 Å². The number of hydrogen-bond acceptors (Lipinski definition) is 3. The lowest BCUT2D eigenvalue weighted by Gasteiger charge is -2.19. The number of hydrogen-bond donors (Lipinski definition) is 2. The largest absolute Gasteiger partial charge is 0.390 e. The Labute approximate surface area is 85.4 Å². The van der Waals surface area contributed by atoms with E-state index in [1.165, 1.54) is 0 Å². The zero-order valence-electron chi connectivity index (χ0n) is 8.40. The summed E-state index contributed by atoms with van der Waals surface area (Å²) < 4.78 is 54.4. The van der Waals surface area contributed by atoms with Gasteiger partial charge in [0.2, 0.25) is 0 Å². The minimum Gasteiger partial charge on any atom is -0.390 e. The van der Waals surface area contributed by atoms with E-state index in [0.717, 1.165) is 0 Å². The van der Waals surface area contributed by atoms with E-state index in [2.05, 4.69) is 10.1 Å². The highest BCUT2D eigenvalue weighted by Gasteiger charge is 2.33. The minimum absolute atomic E-state index is 0.363. The van der Waals surface area contributed by atoms with Crippen molar-refractivity contribution in [2.24, 2.45) is 0 Å². The van der Waals surface area contributed by atoms with Crippen LogP contribution in [0.15, 0.2) is 0 Å². The van der Waals surface area contributed by atoms with E-state index in [1.807, 2.05) is 0 Å². The molecule has 0 atom stereocenters. The van der Waals surface area contributed by atoms with Crippen molar-refractivity contribution in [2.45, 2.75) is 18.8 Å². The molecule has 7 heteroatoms. The van der Waals surface area contributed by atoms with Gasteiger partial charge in [0.05, 0.1) is 6.54 Å². The Bertz CT molecular complexity index is 178. The van der Waals surface area contributed by atoms with Crippen LogP contribution in [-0.4, -0.2) is 49.9 Å². The molecular weight excluding hydrogens is 218 g/mol. The van der Waals surface area contributed by atoms with Crippen LogP contribution in [0.4, 0.5) is 17.6 Å². The Morgan fingerprint density at radius 3 is 2.13 bits per heavy atom. The molecule has 0 unspecified atom stereocenters. The fraction of sp³-hybridized carbons (Fsp3) is 1.00. The Hall–Kier alpha value is -0.400. The van der Waals surface area contributed by atoms with Gasteiger partial charge in [-0.3, -0.25) is 0 Å². The van der Waals surface area contributed by atoms with E-state index in [0.29, 0.717) is 6.54 Å². The first-order valence-corrected chi connectivity index (χ1v) is 4.48. The van der Waals surface area contributed by atoms with Crippen molar-refractivity contribution in [3.63, 3.8) is 0 Å². The lowest BCUT2D eigenvalue weighted by molar-refractivity contribution is -0.142. The zero-order chi connectivity index (χ0) is 11.9. The maximum atomic E-state index is 12.8. The number of alkyl halides is 4. The number of ether oxygens (including phenoxy) is 1. The van der Waals surface area contributed by atoms with Gasteiger partial charge in [-0.05, 0) is 6.54 Å². The minimum atomic E-state index is -3.46. The molecule has 0 saturated heterocycles. The summed E-state index contributed by atoms with van der Waals surface area (Å²) in [6, 6.07) is 0. The van der Waals surface area contributed by atoms with Crippen LogP contribution in [0.2, 0.25) is 0 Å². The van der Waals surface area contributed by atoms with Crippen molar-refractivity contribution in [1.82, 2.24) is 5.32 Å². The number of nitrogens with one attached hydrogen (secondary N) is 1. The molecule has 0 aromatic carbocycles. The van der Waals surface area contributed by atoms with E-state index < -0.39 is 38.2 Å². The lowest BCUT2D eigenvalue weighted by Crippen LogP contribution is -2.38. The third-order valence-electron chi connectivity index (χ3n) is 1.49. The second-order valence-electron chi connectivity index (χ2n) is 3.14. The number of aliphatic hydroxyl groups excluding tert-OH is 1. The first-order chi connectivity index (χ1) is 6.83. The Morgan fingerprint density at radius 1 is 1.13 bits per heavy atom. The van der Waals surface area contributed by atoms with Crippen LogP contribution >= 0.6 is 0 Å². The third-order valence-corrected chi connectivity index (χ3v) is 1.49. The summed E-state index contributed by atoms with van der Waals surface area (Å²) >= 11 is 0. The molecule has 0 radical (unpaired) electrons. The van der Waals surface area contributed by atoms with Crippen molar-refractivity contribution in [3.8, 4) is 0 Å². The van der Waals surface area contributed by atoms with Crippen LogP contribution in [-0.2, 0) is 4.74 Å². The van der Waals surface area contributed by atoms with E-state index in [9.17, 15) is 17.6 Å². The monoisotopic (exact) mass is 233 g/mol. The Kier molecular flexibility index (Phi) is 6.07. The van der Waals surface area contributed by atoms with Crippen LogP contribution in [0.1, 0.15) is 6.92 Å². The zero-order valence-corrected chi connectivity index (χ0v) is 8.40. The SMILES string of the molecule is CCNCC(F)(F)COCC(F)(F)CO. The summed E-state index contributed by atoms with van der Waals surface area (Å²) in [5.74, 6) is -6.64. The van der Waals surface area contributed by atoms with Crippen molar-refractivity contribution in [1.29, 1.82) is 0 Å². The molecule has 0 aliphatic heterocycles. The van der Waals surface area contributed by atoms with Crippen LogP contribution < -0.4 is 5.32 Å². The maximum absolute atomic E-state index is 12.8. The van der Waals surface area contributed by atoms with Crippen LogP contribution in [0.3, 0.4) is 0 Å². The average molecular weight is 233 g/mol. The second-order valence-corrected chi connectivity index (χ2v) is 3.14. The molecule has 0 fully saturated rings. The first-order valence-electron chi connectivity index (χ1n) is 4.48. The van der Waals surface area contributed by atoms with E-state index in [4.69, 9.17) is 5.11 Å². The van der Waals surface area contributed by atoms with Crippen LogP contribution in [0.5, 0.6) is 0 Å². The van der Waals surface area contributed by atoms with Crippen LogP contribution in [0, 0.1) is 0 Å². The summed E-state index contributed by atoms with van der Waals surface area (Å²) in [6.07, 6.45) is 0. The molecule has 0 aliphatic carbocycles. The van der Waals surface area contributed by atoms with Crippen molar-refractivity contribution < 1.29 is 27.4 Å². The smallest absolute Gasteiger partial charge is 0.293 e. The lowest BCUT2D eigenvalue weighted by atomic mass is 10.3. The fourth-order valence-electron chi connectivity index (χ4n) is 0.754. The fourth-order valence-corrected chi connectivity index (χ4v) is 0.754. The standard InChI is InChI=1S/C8H15F4NO2/c1-2-13-3-7(9,10)5-15-6-8(11,12)4-14/h13-14H,2-6H2,1H3. The molecule has 0 bridgehead atoms. The van der Waals surface area contributed by atoms with Gasteiger partial charge in [-0.25, -0.2) is 17.6 Å². The Morgan fingerprint density at radius 2 is 1.67 bits per heavy atom. The van der Waals surface area contributed by atoms with Crippen molar-refractivity contribution in [2.75, 3.05) is 32.9 Å². The quantitative estimate of drug-likeness (QED) is 0.611. The maximum Gasteiger partial charge on any atom is 0.293 e. The molecule has 0 aliphatic rings. The molecule has 3 nitrogen and oxygen atoms in total. The number of halogens is 4. The van der Waals surface area contributed by atoms with Gasteiger partial charge in [0, 0.05) is 0 Å². The van der Waals surface area contributed by atoms with Gasteiger partial charge in [0.1, 0.15) is 19.8 Å². The topological polar surface area (TPSA) is 41.5 Å². The average Bonchev–Trinajstić information content (AvgIpc) is 2.14. The summed E-state index contributed by atoms with van der Waals surface area (Å²) in [7, 11) is 0. The van der Waals surface area contributed by atoms with Gasteiger partial charge in [-0.2, -0.15) is 0 Å². The summed E-state index contributed by atoms with van der Waals surface area (Å²) in [5, 5.41) is 10.5. The van der Waals surface area contributed by atoms with Gasteiger partial charge >= 0.3 is 0 Å². The van der Waals surface area contributed by atoms with Gasteiger partial charge in [0.15, 0.2) is 0 Å². The van der Waals surface area contributed by atoms with Crippen molar-refractivity contribution >= 4 is 0 Å². The molecule has 92 valence electrons.